The largest absolute Gasteiger partial charge is 0.480 e. The zero-order chi connectivity index (χ0) is 28.4. The Morgan fingerprint density at radius 2 is 1.66 bits per heavy atom. The van der Waals surface area contributed by atoms with Gasteiger partial charge < -0.3 is 36.9 Å². The van der Waals surface area contributed by atoms with Gasteiger partial charge in [0.25, 0.3) is 0 Å². The molecule has 0 aliphatic rings. The Labute approximate surface area is 226 Å². The van der Waals surface area contributed by atoms with E-state index in [4.69, 9.17) is 5.73 Å². The number of para-hydroxylation sites is 1. The molecule has 5 unspecified atom stereocenters. The van der Waals surface area contributed by atoms with E-state index in [1.54, 1.807) is 6.20 Å². The molecular formula is C26H39N5O6S. The maximum Gasteiger partial charge on any atom is 0.326 e. The first-order chi connectivity index (χ1) is 17.9. The molecule has 0 saturated heterocycles. The van der Waals surface area contributed by atoms with Gasteiger partial charge in [-0.2, -0.15) is 11.8 Å². The van der Waals surface area contributed by atoms with Gasteiger partial charge in [-0.05, 0) is 49.3 Å². The maximum atomic E-state index is 13.4. The highest BCUT2D eigenvalue weighted by atomic mass is 32.2. The second-order valence-corrected chi connectivity index (χ2v) is 10.8. The third-order valence-electron chi connectivity index (χ3n) is 6.08. The molecule has 1 aromatic heterocycles. The number of benzene rings is 1. The monoisotopic (exact) mass is 549 g/mol. The minimum absolute atomic E-state index is 0.0929. The minimum Gasteiger partial charge on any atom is -0.480 e. The molecule has 2 rings (SSSR count). The zero-order valence-corrected chi connectivity index (χ0v) is 23.0. The molecule has 0 radical (unpaired) electrons. The van der Waals surface area contributed by atoms with Crippen molar-refractivity contribution >= 4 is 46.4 Å². The summed E-state index contributed by atoms with van der Waals surface area (Å²) in [6.45, 7) is 5.17. The minimum atomic E-state index is -1.44. The van der Waals surface area contributed by atoms with E-state index >= 15 is 0 Å². The number of aliphatic carboxylic acids is 1. The van der Waals surface area contributed by atoms with Crippen molar-refractivity contribution < 1.29 is 29.4 Å². The van der Waals surface area contributed by atoms with Crippen LogP contribution in [0, 0.1) is 5.92 Å². The lowest BCUT2D eigenvalue weighted by molar-refractivity contribution is -0.143. The summed E-state index contributed by atoms with van der Waals surface area (Å²) in [6, 6.07) is 2.93. The summed E-state index contributed by atoms with van der Waals surface area (Å²) in [5.41, 5.74) is 7.66. The van der Waals surface area contributed by atoms with Gasteiger partial charge in [0.2, 0.25) is 17.7 Å². The van der Waals surface area contributed by atoms with Gasteiger partial charge in [-0.1, -0.05) is 32.0 Å². The number of carboxylic acids is 1. The Morgan fingerprint density at radius 1 is 1.00 bits per heavy atom. The van der Waals surface area contributed by atoms with E-state index in [-0.39, 0.29) is 18.8 Å². The number of aromatic amines is 1. The lowest BCUT2D eigenvalue weighted by atomic mass is 10.0. The van der Waals surface area contributed by atoms with Crippen molar-refractivity contribution in [1.29, 1.82) is 0 Å². The summed E-state index contributed by atoms with van der Waals surface area (Å²) in [7, 11) is 0. The van der Waals surface area contributed by atoms with E-state index in [1.165, 1.54) is 18.7 Å². The number of nitrogens with one attached hydrogen (secondary N) is 4. The van der Waals surface area contributed by atoms with Gasteiger partial charge in [-0.25, -0.2) is 4.79 Å². The van der Waals surface area contributed by atoms with Crippen LogP contribution in [0.25, 0.3) is 10.9 Å². The summed E-state index contributed by atoms with van der Waals surface area (Å²) < 4.78 is 0. The van der Waals surface area contributed by atoms with Gasteiger partial charge in [0.15, 0.2) is 0 Å². The number of aliphatic hydroxyl groups is 1. The number of fused-ring (bicyclic) bond motifs is 1. The molecule has 11 nitrogen and oxygen atoms in total. The highest BCUT2D eigenvalue weighted by Crippen LogP contribution is 2.19. The molecule has 0 saturated carbocycles. The summed E-state index contributed by atoms with van der Waals surface area (Å²) in [4.78, 5) is 53.8. The fourth-order valence-electron chi connectivity index (χ4n) is 4.04. The topological polar surface area (TPSA) is 187 Å². The molecule has 0 fully saturated rings. The molecule has 0 aliphatic carbocycles. The predicted octanol–water partition coefficient (Wildman–Crippen LogP) is 0.757. The Hall–Kier alpha value is -3.09. The Bertz CT molecular complexity index is 1100. The lowest BCUT2D eigenvalue weighted by Gasteiger charge is -2.26. The number of carboxylic acid groups (broad SMARTS) is 1. The van der Waals surface area contributed by atoms with Gasteiger partial charge >= 0.3 is 5.97 Å². The number of thioether (sulfide) groups is 1. The standard InChI is InChI=1S/C26H39N5O6S/c1-14(2)11-18(27)23(33)30-21(12-16-13-28-19-8-6-5-7-17(16)19)24(34)31-22(15(3)32)25(35)29-20(26(36)37)9-10-38-4/h5-8,13-15,18,20-22,28,32H,9-12,27H2,1-4H3,(H,29,35)(H,30,33)(H,31,34)(H,36,37). The van der Waals surface area contributed by atoms with E-state index in [1.807, 2.05) is 44.4 Å². The van der Waals surface area contributed by atoms with E-state index in [0.29, 0.717) is 12.2 Å². The molecular weight excluding hydrogens is 510 g/mol. The smallest absolute Gasteiger partial charge is 0.326 e. The van der Waals surface area contributed by atoms with Gasteiger partial charge in [-0.15, -0.1) is 0 Å². The average molecular weight is 550 g/mol. The Morgan fingerprint density at radius 3 is 2.26 bits per heavy atom. The van der Waals surface area contributed by atoms with E-state index in [0.717, 1.165) is 16.5 Å². The molecule has 0 spiro atoms. The first-order valence-electron chi connectivity index (χ1n) is 12.6. The van der Waals surface area contributed by atoms with Crippen molar-refractivity contribution in [3.63, 3.8) is 0 Å². The van der Waals surface area contributed by atoms with Crippen LogP contribution < -0.4 is 21.7 Å². The van der Waals surface area contributed by atoms with Crippen molar-refractivity contribution in [2.24, 2.45) is 11.7 Å². The number of amides is 3. The molecule has 1 heterocycles. The molecule has 8 N–H and O–H groups in total. The molecule has 2 aromatic rings. The lowest BCUT2D eigenvalue weighted by Crippen LogP contribution is -2.60. The second-order valence-electron chi connectivity index (χ2n) is 9.77. The predicted molar refractivity (Wildman–Crippen MR) is 148 cm³/mol. The van der Waals surface area contributed by atoms with Crippen molar-refractivity contribution in [2.75, 3.05) is 12.0 Å². The molecule has 1 aromatic carbocycles. The number of hydrogen-bond donors (Lipinski definition) is 7. The Balaban J connectivity index is 2.26. The molecule has 0 aliphatic heterocycles. The first kappa shape index (κ1) is 31.1. The third-order valence-corrected chi connectivity index (χ3v) is 6.73. The molecule has 3 amide bonds. The number of rotatable bonds is 15. The van der Waals surface area contributed by atoms with Crippen LogP contribution in [-0.2, 0) is 25.6 Å². The SMILES string of the molecule is CSCCC(NC(=O)C(NC(=O)C(Cc1c[nH]c2ccccc12)NC(=O)C(N)CC(C)C)C(C)O)C(=O)O. The highest BCUT2D eigenvalue weighted by molar-refractivity contribution is 7.98. The van der Waals surface area contributed by atoms with E-state index in [2.05, 4.69) is 20.9 Å². The number of aliphatic hydroxyl groups excluding tert-OH is 1. The van der Waals surface area contributed by atoms with Crippen LogP contribution in [0.15, 0.2) is 30.5 Å². The van der Waals surface area contributed by atoms with Crippen molar-refractivity contribution in [3.8, 4) is 0 Å². The van der Waals surface area contributed by atoms with Gasteiger partial charge in [0.05, 0.1) is 12.1 Å². The van der Waals surface area contributed by atoms with E-state index in [9.17, 15) is 29.4 Å². The second kappa shape index (κ2) is 14.7. The molecule has 0 bridgehead atoms. The van der Waals surface area contributed by atoms with Crippen LogP contribution in [0.5, 0.6) is 0 Å². The van der Waals surface area contributed by atoms with E-state index < -0.39 is 54.0 Å². The van der Waals surface area contributed by atoms with Gasteiger partial charge in [0.1, 0.15) is 18.1 Å². The fourth-order valence-corrected chi connectivity index (χ4v) is 4.51. The average Bonchev–Trinajstić information content (AvgIpc) is 3.26. The van der Waals surface area contributed by atoms with Crippen LogP contribution in [0.2, 0.25) is 0 Å². The number of hydrogen-bond acceptors (Lipinski definition) is 7. The fraction of sp³-hybridized carbons (Fsp3) is 0.538. The Kier molecular flexibility index (Phi) is 12.1. The van der Waals surface area contributed by atoms with Crippen molar-refractivity contribution in [2.45, 2.75) is 70.3 Å². The van der Waals surface area contributed by atoms with Crippen molar-refractivity contribution in [1.82, 2.24) is 20.9 Å². The van der Waals surface area contributed by atoms with Gasteiger partial charge in [-0.3, -0.25) is 14.4 Å². The number of carbonyl (C=O) groups excluding carboxylic acids is 3. The quantitative estimate of drug-likeness (QED) is 0.170. The van der Waals surface area contributed by atoms with Gasteiger partial charge in [0, 0.05) is 23.5 Å². The molecule has 12 heteroatoms. The zero-order valence-electron chi connectivity index (χ0n) is 22.2. The summed E-state index contributed by atoms with van der Waals surface area (Å²) in [5, 5.41) is 28.2. The molecule has 210 valence electrons. The molecule has 5 atom stereocenters. The van der Waals surface area contributed by atoms with Crippen LogP contribution >= 0.6 is 11.8 Å². The van der Waals surface area contributed by atoms with Crippen LogP contribution in [-0.4, -0.2) is 81.2 Å². The summed E-state index contributed by atoms with van der Waals surface area (Å²) in [5.74, 6) is -2.62. The van der Waals surface area contributed by atoms with Crippen LogP contribution in [0.1, 0.15) is 39.2 Å². The highest BCUT2D eigenvalue weighted by Gasteiger charge is 2.33. The van der Waals surface area contributed by atoms with Crippen LogP contribution in [0.3, 0.4) is 0 Å². The normalized spacial score (nSPS) is 15.3. The summed E-state index contributed by atoms with van der Waals surface area (Å²) >= 11 is 1.43. The number of H-pyrrole nitrogens is 1. The summed E-state index contributed by atoms with van der Waals surface area (Å²) in [6.07, 6.45) is 2.91. The maximum absolute atomic E-state index is 13.4. The van der Waals surface area contributed by atoms with Crippen molar-refractivity contribution in [3.05, 3.63) is 36.0 Å². The first-order valence-corrected chi connectivity index (χ1v) is 13.9. The number of carbonyl (C=O) groups is 4. The third kappa shape index (κ3) is 9.03. The number of nitrogens with two attached hydrogens (primary N) is 1. The van der Waals surface area contributed by atoms with Crippen LogP contribution in [0.4, 0.5) is 0 Å². The molecule has 38 heavy (non-hydrogen) atoms. The number of aromatic nitrogens is 1.